The Morgan fingerprint density at radius 2 is 0.926 bits per heavy atom. The lowest BCUT2D eigenvalue weighted by Crippen LogP contribution is -2.28. The highest BCUT2D eigenvalue weighted by atomic mass is 15.2. The van der Waals surface area contributed by atoms with Crippen molar-refractivity contribution in [2.75, 3.05) is 9.80 Å². The fourth-order valence-corrected chi connectivity index (χ4v) is 12.4. The molecule has 2 aliphatic carbocycles. The highest BCUT2D eigenvalue weighted by Crippen LogP contribution is 2.67. The average molecular weight is 864 g/mol. The number of fused-ring (bicyclic) bond motifs is 11. The lowest BCUT2D eigenvalue weighted by molar-refractivity contribution is 0.794. The number of para-hydroxylation sites is 4. The topological polar surface area (TPSA) is 11.4 Å². The molecule has 12 aromatic rings. The molecule has 11 aromatic carbocycles. The van der Waals surface area contributed by atoms with Gasteiger partial charge in [-0.05, 0) is 129 Å². The number of hydrogen-bond donors (Lipinski definition) is 0. The number of benzene rings is 11. The Morgan fingerprint density at radius 3 is 1.79 bits per heavy atom. The molecule has 0 N–H and O–H groups in total. The zero-order chi connectivity index (χ0) is 44.5. The second-order valence-electron chi connectivity index (χ2n) is 18.4. The second kappa shape index (κ2) is 14.0. The second-order valence-corrected chi connectivity index (χ2v) is 18.4. The van der Waals surface area contributed by atoms with Gasteiger partial charge in [0.1, 0.15) is 0 Å². The summed E-state index contributed by atoms with van der Waals surface area (Å²) in [5, 5.41) is 4.87. The van der Waals surface area contributed by atoms with Gasteiger partial charge in [-0.15, -0.1) is 0 Å². The van der Waals surface area contributed by atoms with Crippen LogP contribution in [-0.2, 0) is 5.41 Å². The molecular formula is C65H41N3. The first-order valence-electron chi connectivity index (χ1n) is 23.6. The van der Waals surface area contributed by atoms with Gasteiger partial charge < -0.3 is 14.4 Å². The van der Waals surface area contributed by atoms with E-state index in [0.29, 0.717) is 0 Å². The van der Waals surface area contributed by atoms with E-state index in [2.05, 4.69) is 263 Å². The van der Waals surface area contributed by atoms with Gasteiger partial charge in [-0.1, -0.05) is 170 Å². The van der Waals surface area contributed by atoms with E-state index >= 15 is 0 Å². The molecule has 1 aromatic heterocycles. The molecule has 68 heavy (non-hydrogen) atoms. The van der Waals surface area contributed by atoms with E-state index in [1.165, 1.54) is 93.9 Å². The zero-order valence-corrected chi connectivity index (χ0v) is 37.0. The predicted molar refractivity (Wildman–Crippen MR) is 283 cm³/mol. The van der Waals surface area contributed by atoms with Crippen LogP contribution >= 0.6 is 0 Å². The molecule has 3 aliphatic rings. The van der Waals surface area contributed by atoms with Crippen LogP contribution in [0.2, 0.25) is 0 Å². The Balaban J connectivity index is 1.05. The van der Waals surface area contributed by atoms with E-state index in [0.717, 1.165) is 34.1 Å². The van der Waals surface area contributed by atoms with Crippen LogP contribution < -0.4 is 9.80 Å². The van der Waals surface area contributed by atoms with E-state index in [9.17, 15) is 0 Å². The van der Waals surface area contributed by atoms with Gasteiger partial charge in [0.05, 0.1) is 33.5 Å². The smallest absolute Gasteiger partial charge is 0.0747 e. The summed E-state index contributed by atoms with van der Waals surface area (Å²) < 4.78 is 2.42. The largest absolute Gasteiger partial charge is 0.310 e. The van der Waals surface area contributed by atoms with Gasteiger partial charge >= 0.3 is 0 Å². The molecule has 0 saturated carbocycles. The average Bonchev–Trinajstić information content (AvgIpc) is 4.01. The molecule has 15 rings (SSSR count). The monoisotopic (exact) mass is 863 g/mol. The van der Waals surface area contributed by atoms with Crippen molar-refractivity contribution in [3.8, 4) is 39.1 Å². The summed E-state index contributed by atoms with van der Waals surface area (Å²) in [5.41, 5.74) is 22.5. The first-order valence-corrected chi connectivity index (χ1v) is 23.6. The molecule has 3 heteroatoms. The van der Waals surface area contributed by atoms with Gasteiger partial charge in [-0.2, -0.15) is 0 Å². The lowest BCUT2D eigenvalue weighted by Gasteiger charge is -2.36. The molecular weight excluding hydrogens is 823 g/mol. The molecule has 0 radical (unpaired) electrons. The van der Waals surface area contributed by atoms with Gasteiger partial charge in [0.2, 0.25) is 0 Å². The quantitative estimate of drug-likeness (QED) is 0.171. The van der Waals surface area contributed by atoms with E-state index in [1.807, 2.05) is 0 Å². The van der Waals surface area contributed by atoms with Crippen LogP contribution in [-0.4, -0.2) is 4.57 Å². The Hall–Kier alpha value is -8.92. The van der Waals surface area contributed by atoms with Crippen molar-refractivity contribution in [3.05, 3.63) is 271 Å². The third-order valence-electron chi connectivity index (χ3n) is 15.1. The maximum absolute atomic E-state index is 2.54. The first-order chi connectivity index (χ1) is 33.8. The number of hydrogen-bond acceptors (Lipinski definition) is 2. The van der Waals surface area contributed by atoms with E-state index < -0.39 is 5.41 Å². The highest BCUT2D eigenvalue weighted by Gasteiger charge is 2.54. The standard InChI is InChI=1S/C65H41N3/c1-3-19-44(20-4-1)67-60-29-13-10-24-49(60)43-33-36-51-52-37-34-46(40-58(52)65(57(51)39-43)56-28-12-9-25-50(56)55-27-16-32-62(67)64(55)65)66(59-31-15-18-42-17-7-8-23-48(42)59)47-35-38-54-53-26-11-14-30-61(53)68(63(54)41-47)45-21-5-2-6-22-45/h1-41H. The van der Waals surface area contributed by atoms with Gasteiger partial charge in [-0.25, -0.2) is 0 Å². The van der Waals surface area contributed by atoms with Gasteiger partial charge in [-0.3, -0.25) is 0 Å². The van der Waals surface area contributed by atoms with E-state index in [4.69, 9.17) is 0 Å². The van der Waals surface area contributed by atoms with Crippen LogP contribution in [0.1, 0.15) is 22.3 Å². The number of rotatable bonds is 5. The Labute approximate surface area is 394 Å². The third-order valence-corrected chi connectivity index (χ3v) is 15.1. The predicted octanol–water partition coefficient (Wildman–Crippen LogP) is 17.2. The van der Waals surface area contributed by atoms with Crippen LogP contribution in [0.15, 0.2) is 249 Å². The summed E-state index contributed by atoms with van der Waals surface area (Å²) in [6.45, 7) is 0. The van der Waals surface area contributed by atoms with Crippen molar-refractivity contribution in [3.63, 3.8) is 0 Å². The molecule has 0 amide bonds. The fraction of sp³-hybridized carbons (Fsp3) is 0.0154. The maximum atomic E-state index is 2.54. The summed E-state index contributed by atoms with van der Waals surface area (Å²) in [7, 11) is 0. The molecule has 0 saturated heterocycles. The number of aromatic nitrogens is 1. The molecule has 2 heterocycles. The summed E-state index contributed by atoms with van der Waals surface area (Å²) in [4.78, 5) is 5.03. The van der Waals surface area contributed by atoms with Crippen molar-refractivity contribution in [1.82, 2.24) is 4.57 Å². The Bertz CT molecular complexity index is 4050. The van der Waals surface area contributed by atoms with Crippen molar-refractivity contribution in [1.29, 1.82) is 0 Å². The zero-order valence-electron chi connectivity index (χ0n) is 37.0. The van der Waals surface area contributed by atoms with Crippen LogP contribution in [0.5, 0.6) is 0 Å². The van der Waals surface area contributed by atoms with Crippen LogP contribution in [0.3, 0.4) is 0 Å². The van der Waals surface area contributed by atoms with Gasteiger partial charge in [0, 0.05) is 50.0 Å². The molecule has 2 bridgehead atoms. The van der Waals surface area contributed by atoms with Gasteiger partial charge in [0.25, 0.3) is 0 Å². The van der Waals surface area contributed by atoms with Crippen LogP contribution in [0, 0.1) is 0 Å². The minimum atomic E-state index is -0.623. The molecule has 3 nitrogen and oxygen atoms in total. The van der Waals surface area contributed by atoms with Crippen molar-refractivity contribution >= 4 is 66.7 Å². The summed E-state index contributed by atoms with van der Waals surface area (Å²) in [6, 6.07) is 92.8. The molecule has 0 fully saturated rings. The minimum Gasteiger partial charge on any atom is -0.310 e. The summed E-state index contributed by atoms with van der Waals surface area (Å²) in [5.74, 6) is 0. The maximum Gasteiger partial charge on any atom is 0.0747 e. The molecule has 1 spiro atoms. The molecule has 1 atom stereocenters. The van der Waals surface area contributed by atoms with Crippen molar-refractivity contribution < 1.29 is 0 Å². The minimum absolute atomic E-state index is 0.623. The van der Waals surface area contributed by atoms with E-state index in [1.54, 1.807) is 0 Å². The summed E-state index contributed by atoms with van der Waals surface area (Å²) in [6.07, 6.45) is 0. The molecule has 1 unspecified atom stereocenters. The van der Waals surface area contributed by atoms with Crippen LogP contribution in [0.4, 0.5) is 34.1 Å². The molecule has 316 valence electrons. The molecule has 1 aliphatic heterocycles. The van der Waals surface area contributed by atoms with Crippen molar-refractivity contribution in [2.24, 2.45) is 0 Å². The number of nitrogens with zero attached hydrogens (tertiary/aromatic N) is 3. The van der Waals surface area contributed by atoms with E-state index in [-0.39, 0.29) is 0 Å². The Kier molecular flexibility index (Phi) is 7.71. The normalized spacial score (nSPS) is 14.8. The van der Waals surface area contributed by atoms with Crippen LogP contribution in [0.25, 0.3) is 71.6 Å². The van der Waals surface area contributed by atoms with Gasteiger partial charge in [0.15, 0.2) is 0 Å². The summed E-state index contributed by atoms with van der Waals surface area (Å²) >= 11 is 0. The highest BCUT2D eigenvalue weighted by molar-refractivity contribution is 6.11. The third kappa shape index (κ3) is 4.97. The first kappa shape index (κ1) is 37.3. The SMILES string of the molecule is c1ccc(N2c3ccccc3-c3ccc4c(c3)C3(c5cc(N(c6ccc7c8ccccc8n(-c8ccccc8)c7c6)c6cccc7ccccc67)ccc5-4)c4ccccc4-c4cccc2c43)cc1. The fourth-order valence-electron chi connectivity index (χ4n) is 12.4. The number of anilines is 6. The lowest BCUT2D eigenvalue weighted by atomic mass is 9.69. The Morgan fingerprint density at radius 1 is 0.338 bits per heavy atom. The van der Waals surface area contributed by atoms with Crippen molar-refractivity contribution in [2.45, 2.75) is 5.41 Å².